The molecule has 0 aliphatic heterocycles. The highest BCUT2D eigenvalue weighted by Gasteiger charge is 2.20. The Bertz CT molecular complexity index is 1730. The molecule has 0 saturated heterocycles. The molecule has 12 nitrogen and oxygen atoms in total. The molecule has 0 saturated carbocycles. The molecular weight excluding hydrogens is 466 g/mol. The fourth-order valence-electron chi connectivity index (χ4n) is 3.94. The molecule has 3 heterocycles. The highest BCUT2D eigenvalue weighted by molar-refractivity contribution is 5.94. The number of azo groups is 1. The smallest absolute Gasteiger partial charge is 0.329 e. The number of benzene rings is 2. The van der Waals surface area contributed by atoms with Crippen LogP contribution in [0.4, 0.5) is 11.6 Å². The van der Waals surface area contributed by atoms with Gasteiger partial charge in [-0.15, -0.1) is 10.2 Å². The molecule has 4 N–H and O–H groups in total. The number of ether oxygens (including phenoxy) is 1. The summed E-state index contributed by atoms with van der Waals surface area (Å²) in [4.78, 5) is 34.2. The number of nitrogens with one attached hydrogen (secondary N) is 2. The van der Waals surface area contributed by atoms with Crippen molar-refractivity contribution in [1.29, 1.82) is 0 Å². The molecule has 0 amide bonds. The molecule has 0 fully saturated rings. The molecule has 184 valence electrons. The maximum atomic E-state index is 12.7. The van der Waals surface area contributed by atoms with Gasteiger partial charge >= 0.3 is 5.69 Å². The fourth-order valence-corrected chi connectivity index (χ4v) is 3.94. The Morgan fingerprint density at radius 3 is 2.72 bits per heavy atom. The summed E-state index contributed by atoms with van der Waals surface area (Å²) in [5.74, 6) is 0.384. The van der Waals surface area contributed by atoms with Gasteiger partial charge in [0, 0.05) is 12.4 Å². The quantitative estimate of drug-likeness (QED) is 0.257. The third-order valence-electron chi connectivity index (χ3n) is 5.71. The Morgan fingerprint density at radius 1 is 1.11 bits per heavy atom. The van der Waals surface area contributed by atoms with E-state index >= 15 is 0 Å². The van der Waals surface area contributed by atoms with E-state index in [0.29, 0.717) is 16.7 Å². The van der Waals surface area contributed by atoms with Crippen LogP contribution in [0.1, 0.15) is 5.56 Å². The van der Waals surface area contributed by atoms with Gasteiger partial charge in [-0.25, -0.2) is 4.79 Å². The lowest BCUT2D eigenvalue weighted by Crippen LogP contribution is -2.30. The summed E-state index contributed by atoms with van der Waals surface area (Å²) >= 11 is 0. The third kappa shape index (κ3) is 4.25. The van der Waals surface area contributed by atoms with Gasteiger partial charge in [0.2, 0.25) is 5.88 Å². The van der Waals surface area contributed by atoms with Crippen LogP contribution in [0, 0.1) is 6.92 Å². The lowest BCUT2D eigenvalue weighted by atomic mass is 10.2. The summed E-state index contributed by atoms with van der Waals surface area (Å²) in [6.07, 6.45) is -1.05. The third-order valence-corrected chi connectivity index (χ3v) is 5.71. The number of rotatable bonds is 7. The molecule has 0 aliphatic rings. The van der Waals surface area contributed by atoms with Crippen LogP contribution < -0.4 is 16.0 Å². The maximum absolute atomic E-state index is 12.7. The lowest BCUT2D eigenvalue weighted by Gasteiger charge is -2.14. The molecule has 0 spiro atoms. The number of fused-ring (bicyclic) bond motifs is 2. The Labute approximate surface area is 203 Å². The average molecular weight is 489 g/mol. The van der Waals surface area contributed by atoms with Gasteiger partial charge in [-0.2, -0.15) is 4.98 Å². The maximum Gasteiger partial charge on any atom is 0.329 e. The molecule has 36 heavy (non-hydrogen) atoms. The van der Waals surface area contributed by atoms with Gasteiger partial charge in [0.05, 0.1) is 12.1 Å². The van der Waals surface area contributed by atoms with Crippen molar-refractivity contribution in [2.24, 2.45) is 17.3 Å². The number of aryl methyl sites for hydroxylation is 2. The van der Waals surface area contributed by atoms with Gasteiger partial charge in [0.25, 0.3) is 11.5 Å². The van der Waals surface area contributed by atoms with E-state index < -0.39 is 17.4 Å². The Kier molecular flexibility index (Phi) is 5.86. The highest BCUT2D eigenvalue weighted by Crippen LogP contribution is 2.36. The number of aromatic nitrogens is 5. The number of hydrogen-bond acceptors (Lipinski definition) is 8. The first kappa shape index (κ1) is 23.1. The van der Waals surface area contributed by atoms with Crippen molar-refractivity contribution in [1.82, 2.24) is 24.1 Å². The summed E-state index contributed by atoms with van der Waals surface area (Å²) in [5.41, 5.74) is 0.673. The second kappa shape index (κ2) is 9.15. The van der Waals surface area contributed by atoms with E-state index in [1.54, 1.807) is 24.3 Å². The standard InChI is InChI=1S/C24H23N7O5/c1-13-6-5-7-15(10-13)36-12-14(32)11-31-19-20(30(2)24(35)27-22(19)34)26-23(31)29-28-18-16-8-3-4-9-17(16)25-21(18)33/h3-10,14,25,32-33H,11-12H2,1-2H3,(H,27,34,35)/t14-/m0/s1. The van der Waals surface area contributed by atoms with Gasteiger partial charge in [-0.1, -0.05) is 30.3 Å². The number of imidazole rings is 1. The van der Waals surface area contributed by atoms with E-state index in [4.69, 9.17) is 4.74 Å². The Morgan fingerprint density at radius 2 is 1.92 bits per heavy atom. The Hall–Kier alpha value is -4.71. The number of aliphatic hydroxyl groups excluding tert-OH is 1. The molecule has 0 unspecified atom stereocenters. The number of aliphatic hydroxyl groups is 1. The molecule has 5 aromatic rings. The summed E-state index contributed by atoms with van der Waals surface area (Å²) in [7, 11) is 1.46. The minimum Gasteiger partial charge on any atom is -0.493 e. The van der Waals surface area contributed by atoms with Crippen LogP contribution in [0.3, 0.4) is 0 Å². The summed E-state index contributed by atoms with van der Waals surface area (Å²) < 4.78 is 8.23. The van der Waals surface area contributed by atoms with Crippen LogP contribution >= 0.6 is 0 Å². The van der Waals surface area contributed by atoms with E-state index in [1.165, 1.54) is 16.2 Å². The van der Waals surface area contributed by atoms with Crippen molar-refractivity contribution in [2.75, 3.05) is 6.61 Å². The van der Waals surface area contributed by atoms with Crippen molar-refractivity contribution < 1.29 is 14.9 Å². The van der Waals surface area contributed by atoms with Crippen molar-refractivity contribution in [3.8, 4) is 11.6 Å². The molecule has 12 heteroatoms. The molecule has 2 aromatic carbocycles. The van der Waals surface area contributed by atoms with E-state index in [-0.39, 0.29) is 41.8 Å². The topological polar surface area (TPSA) is 163 Å². The van der Waals surface area contributed by atoms with E-state index in [0.717, 1.165) is 5.56 Å². The van der Waals surface area contributed by atoms with Crippen LogP contribution in [0.25, 0.3) is 22.1 Å². The van der Waals surface area contributed by atoms with Gasteiger partial charge in [-0.3, -0.25) is 18.9 Å². The molecule has 5 rings (SSSR count). The van der Waals surface area contributed by atoms with E-state index in [9.17, 15) is 19.8 Å². The van der Waals surface area contributed by atoms with Crippen LogP contribution in [0.5, 0.6) is 11.6 Å². The second-order valence-corrected chi connectivity index (χ2v) is 8.36. The van der Waals surface area contributed by atoms with Gasteiger partial charge < -0.3 is 19.9 Å². The number of hydrogen-bond donors (Lipinski definition) is 4. The lowest BCUT2D eigenvalue weighted by molar-refractivity contribution is 0.0937. The number of aromatic hydroxyl groups is 1. The zero-order chi connectivity index (χ0) is 25.4. The van der Waals surface area contributed by atoms with Crippen molar-refractivity contribution >= 4 is 33.7 Å². The summed E-state index contributed by atoms with van der Waals surface area (Å²) in [5, 5.41) is 30.0. The van der Waals surface area contributed by atoms with E-state index in [2.05, 4.69) is 25.2 Å². The highest BCUT2D eigenvalue weighted by atomic mass is 16.5. The first-order chi connectivity index (χ1) is 17.3. The van der Waals surface area contributed by atoms with E-state index in [1.807, 2.05) is 31.2 Å². The van der Waals surface area contributed by atoms with Crippen LogP contribution in [-0.4, -0.2) is 47.0 Å². The van der Waals surface area contributed by atoms with Crippen molar-refractivity contribution in [3.63, 3.8) is 0 Å². The monoisotopic (exact) mass is 489 g/mol. The summed E-state index contributed by atoms with van der Waals surface area (Å²) in [6, 6.07) is 14.6. The first-order valence-corrected chi connectivity index (χ1v) is 11.1. The zero-order valence-electron chi connectivity index (χ0n) is 19.5. The second-order valence-electron chi connectivity index (χ2n) is 8.36. The number of para-hydroxylation sites is 1. The predicted molar refractivity (Wildman–Crippen MR) is 132 cm³/mol. The van der Waals surface area contributed by atoms with Gasteiger partial charge in [0.15, 0.2) is 16.9 Å². The fraction of sp³-hybridized carbons (Fsp3) is 0.208. The largest absolute Gasteiger partial charge is 0.493 e. The molecular formula is C24H23N7O5. The molecule has 0 aliphatic carbocycles. The predicted octanol–water partition coefficient (Wildman–Crippen LogP) is 2.77. The molecule has 1 atom stereocenters. The minimum atomic E-state index is -1.05. The SMILES string of the molecule is Cc1cccc(OC[C@@H](O)Cn2c(N=Nc3c(O)[nH]c4ccccc34)nc3c2c(=O)[nH]c(=O)n3C)c1. The first-order valence-electron chi connectivity index (χ1n) is 11.1. The minimum absolute atomic E-state index is 0.0315. The number of aromatic amines is 2. The zero-order valence-corrected chi connectivity index (χ0v) is 19.5. The van der Waals surface area contributed by atoms with Crippen molar-refractivity contribution in [3.05, 3.63) is 74.9 Å². The van der Waals surface area contributed by atoms with Crippen molar-refractivity contribution in [2.45, 2.75) is 19.6 Å². The van der Waals surface area contributed by atoms with Gasteiger partial charge in [-0.05, 0) is 30.7 Å². The normalized spacial score (nSPS) is 12.6. The number of H-pyrrole nitrogens is 2. The van der Waals surface area contributed by atoms with Gasteiger partial charge in [0.1, 0.15) is 18.5 Å². The molecule has 0 radical (unpaired) electrons. The summed E-state index contributed by atoms with van der Waals surface area (Å²) in [6.45, 7) is 1.75. The molecule has 3 aromatic heterocycles. The van der Waals surface area contributed by atoms with Crippen LogP contribution in [-0.2, 0) is 13.6 Å². The van der Waals surface area contributed by atoms with Crippen LogP contribution in [0.15, 0.2) is 68.3 Å². The van der Waals surface area contributed by atoms with Crippen LogP contribution in [0.2, 0.25) is 0 Å². The average Bonchev–Trinajstić information content (AvgIpc) is 3.37. The molecule has 0 bridgehead atoms. The number of nitrogens with zero attached hydrogens (tertiary/aromatic N) is 5. The Balaban J connectivity index is 1.53.